The molecule has 116 valence electrons. The predicted molar refractivity (Wildman–Crippen MR) is 90.1 cm³/mol. The predicted octanol–water partition coefficient (Wildman–Crippen LogP) is 3.93. The maximum atomic E-state index is 12.4. The number of hydrogen-bond acceptors (Lipinski definition) is 2. The monoisotopic (exact) mass is 304 g/mol. The number of benzene rings is 2. The number of aryl methyl sites for hydroxylation is 2. The molecule has 2 aromatic rings. The van der Waals surface area contributed by atoms with Crippen LogP contribution in [-0.4, -0.2) is 5.91 Å². The molecule has 3 heteroatoms. The molecule has 1 N–H and O–H groups in total. The van der Waals surface area contributed by atoms with Gasteiger partial charge in [-0.05, 0) is 67.5 Å². The Labute approximate surface area is 137 Å². The molecule has 0 saturated carbocycles. The lowest BCUT2D eigenvalue weighted by atomic mass is 9.89. The van der Waals surface area contributed by atoms with E-state index in [9.17, 15) is 4.79 Å². The maximum absolute atomic E-state index is 12.4. The van der Waals surface area contributed by atoms with Crippen molar-refractivity contribution in [3.05, 3.63) is 70.3 Å². The molecule has 1 aliphatic rings. The van der Waals surface area contributed by atoms with E-state index in [0.29, 0.717) is 11.1 Å². The fourth-order valence-corrected chi connectivity index (χ4v) is 3.12. The second kappa shape index (κ2) is 6.66. The summed E-state index contributed by atoms with van der Waals surface area (Å²) < 4.78 is 0. The first-order chi connectivity index (χ1) is 11.2. The topological polar surface area (TPSA) is 52.9 Å². The van der Waals surface area contributed by atoms with Crippen molar-refractivity contribution in [1.29, 1.82) is 5.26 Å². The number of rotatable bonds is 3. The third-order valence-corrected chi connectivity index (χ3v) is 4.47. The van der Waals surface area contributed by atoms with E-state index in [2.05, 4.69) is 29.6 Å². The molecule has 0 heterocycles. The molecule has 0 spiro atoms. The molecule has 2 aromatic carbocycles. The van der Waals surface area contributed by atoms with Crippen molar-refractivity contribution in [2.45, 2.75) is 38.6 Å². The molecule has 0 bridgehead atoms. The molecular formula is C20H20N2O. The van der Waals surface area contributed by atoms with Gasteiger partial charge in [-0.25, -0.2) is 0 Å². The van der Waals surface area contributed by atoms with E-state index in [1.54, 1.807) is 24.3 Å². The van der Waals surface area contributed by atoms with Crippen LogP contribution < -0.4 is 5.32 Å². The highest BCUT2D eigenvalue weighted by Crippen LogP contribution is 2.25. The van der Waals surface area contributed by atoms with Crippen LogP contribution in [0.4, 0.5) is 0 Å². The lowest BCUT2D eigenvalue weighted by molar-refractivity contribution is 0.0940. The lowest BCUT2D eigenvalue weighted by Gasteiger charge is -2.20. The second-order valence-corrected chi connectivity index (χ2v) is 6.12. The largest absolute Gasteiger partial charge is 0.346 e. The Balaban J connectivity index is 1.74. The summed E-state index contributed by atoms with van der Waals surface area (Å²) in [7, 11) is 0. The van der Waals surface area contributed by atoms with Gasteiger partial charge in [0, 0.05) is 5.56 Å². The molecule has 0 aromatic heterocycles. The molecular weight excluding hydrogens is 284 g/mol. The highest BCUT2D eigenvalue weighted by atomic mass is 16.1. The van der Waals surface area contributed by atoms with Gasteiger partial charge in [0.25, 0.3) is 5.91 Å². The van der Waals surface area contributed by atoms with Gasteiger partial charge in [-0.2, -0.15) is 5.26 Å². The minimum absolute atomic E-state index is 0.0551. The quantitative estimate of drug-likeness (QED) is 0.934. The third kappa shape index (κ3) is 3.43. The summed E-state index contributed by atoms with van der Waals surface area (Å²) in [5, 5.41) is 12.0. The van der Waals surface area contributed by atoms with Crippen molar-refractivity contribution in [3.63, 3.8) is 0 Å². The lowest BCUT2D eigenvalue weighted by Crippen LogP contribution is -2.26. The van der Waals surface area contributed by atoms with Gasteiger partial charge in [-0.15, -0.1) is 0 Å². The van der Waals surface area contributed by atoms with Crippen LogP contribution in [0, 0.1) is 11.3 Å². The van der Waals surface area contributed by atoms with Crippen LogP contribution in [0.2, 0.25) is 0 Å². The first-order valence-electron chi connectivity index (χ1n) is 8.10. The summed E-state index contributed by atoms with van der Waals surface area (Å²) in [5.41, 5.74) is 5.02. The number of fused-ring (bicyclic) bond motifs is 1. The molecule has 3 nitrogen and oxygen atoms in total. The molecule has 0 aliphatic heterocycles. The van der Waals surface area contributed by atoms with Crippen LogP contribution >= 0.6 is 0 Å². The Hall–Kier alpha value is -2.60. The number of carbonyl (C=O) groups excluding carboxylic acids is 1. The van der Waals surface area contributed by atoms with Gasteiger partial charge in [0.05, 0.1) is 17.7 Å². The van der Waals surface area contributed by atoms with Gasteiger partial charge in [0.15, 0.2) is 0 Å². The van der Waals surface area contributed by atoms with Crippen LogP contribution in [0.1, 0.15) is 58.4 Å². The SMILES string of the molecule is C[C@H](NC(=O)c1cccc(C#N)c1)c1ccc2c(c1)CCCC2. The fourth-order valence-electron chi connectivity index (χ4n) is 3.12. The number of nitrogens with zero attached hydrogens (tertiary/aromatic N) is 1. The van der Waals surface area contributed by atoms with Gasteiger partial charge < -0.3 is 5.32 Å². The van der Waals surface area contributed by atoms with Crippen LogP contribution in [0.25, 0.3) is 0 Å². The molecule has 3 rings (SSSR count). The minimum Gasteiger partial charge on any atom is -0.346 e. The summed E-state index contributed by atoms with van der Waals surface area (Å²) in [6.07, 6.45) is 4.82. The number of hydrogen-bond donors (Lipinski definition) is 1. The van der Waals surface area contributed by atoms with Crippen molar-refractivity contribution < 1.29 is 4.79 Å². The van der Waals surface area contributed by atoms with Crippen molar-refractivity contribution >= 4 is 5.91 Å². The highest BCUT2D eigenvalue weighted by Gasteiger charge is 2.15. The van der Waals surface area contributed by atoms with E-state index in [0.717, 1.165) is 18.4 Å². The van der Waals surface area contributed by atoms with Crippen molar-refractivity contribution in [2.24, 2.45) is 0 Å². The Morgan fingerprint density at radius 3 is 2.70 bits per heavy atom. The first-order valence-corrected chi connectivity index (χ1v) is 8.10. The summed E-state index contributed by atoms with van der Waals surface area (Å²) >= 11 is 0. The summed E-state index contributed by atoms with van der Waals surface area (Å²) in [6.45, 7) is 2.00. The summed E-state index contributed by atoms with van der Waals surface area (Å²) in [4.78, 5) is 12.4. The van der Waals surface area contributed by atoms with Crippen molar-refractivity contribution in [2.75, 3.05) is 0 Å². The average Bonchev–Trinajstić information content (AvgIpc) is 2.61. The van der Waals surface area contributed by atoms with Crippen LogP contribution in [0.3, 0.4) is 0 Å². The number of nitrogens with one attached hydrogen (secondary N) is 1. The van der Waals surface area contributed by atoms with E-state index >= 15 is 0 Å². The molecule has 0 fully saturated rings. The first kappa shape index (κ1) is 15.3. The Kier molecular flexibility index (Phi) is 4.43. The van der Waals surface area contributed by atoms with E-state index in [1.165, 1.54) is 24.0 Å². The smallest absolute Gasteiger partial charge is 0.251 e. The summed E-state index contributed by atoms with van der Waals surface area (Å²) in [5.74, 6) is -0.146. The number of amides is 1. The van der Waals surface area contributed by atoms with Gasteiger partial charge in [-0.3, -0.25) is 4.79 Å². The zero-order valence-corrected chi connectivity index (χ0v) is 13.3. The number of carbonyl (C=O) groups is 1. The van der Waals surface area contributed by atoms with Gasteiger partial charge in [0.2, 0.25) is 0 Å². The number of nitriles is 1. The normalized spacial score (nSPS) is 14.4. The highest BCUT2D eigenvalue weighted by molar-refractivity contribution is 5.94. The van der Waals surface area contributed by atoms with Gasteiger partial charge >= 0.3 is 0 Å². The van der Waals surface area contributed by atoms with Crippen LogP contribution in [-0.2, 0) is 12.8 Å². The zero-order valence-electron chi connectivity index (χ0n) is 13.3. The minimum atomic E-state index is -0.146. The molecule has 1 aliphatic carbocycles. The van der Waals surface area contributed by atoms with Crippen molar-refractivity contribution in [3.8, 4) is 6.07 Å². The third-order valence-electron chi connectivity index (χ3n) is 4.47. The molecule has 1 amide bonds. The molecule has 0 saturated heterocycles. The Morgan fingerprint density at radius 1 is 1.13 bits per heavy atom. The average molecular weight is 304 g/mol. The molecule has 0 unspecified atom stereocenters. The molecule has 0 radical (unpaired) electrons. The van der Waals surface area contributed by atoms with E-state index in [1.807, 2.05) is 6.92 Å². The molecule has 1 atom stereocenters. The van der Waals surface area contributed by atoms with Gasteiger partial charge in [-0.1, -0.05) is 24.3 Å². The van der Waals surface area contributed by atoms with Crippen molar-refractivity contribution in [1.82, 2.24) is 5.32 Å². The fraction of sp³-hybridized carbons (Fsp3) is 0.300. The Morgan fingerprint density at radius 2 is 1.91 bits per heavy atom. The van der Waals surface area contributed by atoms with Crippen LogP contribution in [0.15, 0.2) is 42.5 Å². The van der Waals surface area contributed by atoms with E-state index in [-0.39, 0.29) is 11.9 Å². The second-order valence-electron chi connectivity index (χ2n) is 6.12. The molecule has 23 heavy (non-hydrogen) atoms. The standard InChI is InChI=1S/C20H20N2O/c1-14(17-10-9-16-6-2-3-7-18(16)12-17)22-20(23)19-8-4-5-15(11-19)13-21/h4-5,8-12,14H,2-3,6-7H2,1H3,(H,22,23)/t14-/m0/s1. The van der Waals surface area contributed by atoms with E-state index < -0.39 is 0 Å². The Bertz CT molecular complexity index is 773. The maximum Gasteiger partial charge on any atom is 0.251 e. The summed E-state index contributed by atoms with van der Waals surface area (Å²) in [6, 6.07) is 15.3. The van der Waals surface area contributed by atoms with Gasteiger partial charge in [0.1, 0.15) is 0 Å². The van der Waals surface area contributed by atoms with Crippen LogP contribution in [0.5, 0.6) is 0 Å². The van der Waals surface area contributed by atoms with E-state index in [4.69, 9.17) is 5.26 Å². The zero-order chi connectivity index (χ0) is 16.2.